The Bertz CT molecular complexity index is 814. The van der Waals surface area contributed by atoms with Gasteiger partial charge in [-0.15, -0.1) is 0 Å². The van der Waals surface area contributed by atoms with Gasteiger partial charge in [0.05, 0.1) is 37.1 Å². The molecule has 13 atom stereocenters. The van der Waals surface area contributed by atoms with Crippen LogP contribution < -0.4 is 0 Å². The van der Waals surface area contributed by atoms with Crippen LogP contribution in [0.5, 0.6) is 0 Å². The minimum atomic E-state index is -1.52. The highest BCUT2D eigenvalue weighted by Gasteiger charge is 2.91. The molecular formula is C25H41NO7. The number of aliphatic hydroxyl groups excluding tert-OH is 1. The summed E-state index contributed by atoms with van der Waals surface area (Å²) in [7, 11) is 6.85. The van der Waals surface area contributed by atoms with Gasteiger partial charge in [0, 0.05) is 70.0 Å². The standard InChI is InChI=1S/C25H41NO7/c1-6-26-11-22(12-27)8-7-16(31-3)24-14-9-13-15(30-2)10-23(28,17(14)18(13)32-4)25(29,21(24)26)20(33-5)19(22)24/h13-21,27-29H,6-12H2,1-5H3/t13-,14-,15+,16?,17-,18+,19-,20+,21?,22+,23-,24?,25?/m1/s1. The average molecular weight is 468 g/mol. The van der Waals surface area contributed by atoms with Crippen molar-refractivity contribution in [3.8, 4) is 0 Å². The average Bonchev–Trinajstić information content (AvgIpc) is 3.24. The van der Waals surface area contributed by atoms with Crippen LogP contribution in [0.4, 0.5) is 0 Å². The minimum Gasteiger partial charge on any atom is -0.396 e. The van der Waals surface area contributed by atoms with Crippen LogP contribution in [0.1, 0.15) is 32.6 Å². The number of rotatable bonds is 6. The number of hydrogen-bond acceptors (Lipinski definition) is 8. The van der Waals surface area contributed by atoms with E-state index in [0.717, 1.165) is 25.8 Å². The largest absolute Gasteiger partial charge is 0.396 e. The Kier molecular flexibility index (Phi) is 4.99. The Morgan fingerprint density at radius 3 is 2.36 bits per heavy atom. The first-order valence-corrected chi connectivity index (χ1v) is 12.7. The van der Waals surface area contributed by atoms with Crippen LogP contribution in [-0.2, 0) is 18.9 Å². The fourth-order valence-corrected chi connectivity index (χ4v) is 11.0. The summed E-state index contributed by atoms with van der Waals surface area (Å²) in [5.74, 6) is -0.0916. The Hall–Kier alpha value is -0.320. The van der Waals surface area contributed by atoms with Crippen LogP contribution in [0.2, 0.25) is 0 Å². The van der Waals surface area contributed by atoms with E-state index in [-0.39, 0.29) is 54.6 Å². The third-order valence-electron chi connectivity index (χ3n) is 11.6. The van der Waals surface area contributed by atoms with Gasteiger partial charge in [-0.3, -0.25) is 4.90 Å². The zero-order valence-electron chi connectivity index (χ0n) is 20.6. The Morgan fingerprint density at radius 2 is 1.79 bits per heavy atom. The highest BCUT2D eigenvalue weighted by atomic mass is 16.5. The summed E-state index contributed by atoms with van der Waals surface area (Å²) in [5.41, 5.74) is -3.78. The van der Waals surface area contributed by atoms with Crippen molar-refractivity contribution in [2.24, 2.45) is 34.5 Å². The molecule has 6 rings (SSSR count). The molecule has 33 heavy (non-hydrogen) atoms. The Morgan fingerprint density at radius 1 is 1.03 bits per heavy atom. The van der Waals surface area contributed by atoms with Gasteiger partial charge in [-0.2, -0.15) is 0 Å². The molecule has 8 nitrogen and oxygen atoms in total. The van der Waals surface area contributed by atoms with Crippen LogP contribution >= 0.6 is 0 Å². The van der Waals surface area contributed by atoms with E-state index in [1.807, 2.05) is 0 Å². The zero-order chi connectivity index (χ0) is 23.6. The molecule has 6 fully saturated rings. The number of hydrogen-bond donors (Lipinski definition) is 3. The van der Waals surface area contributed by atoms with Gasteiger partial charge in [-0.1, -0.05) is 6.92 Å². The summed E-state index contributed by atoms with van der Waals surface area (Å²) in [6, 6.07) is -0.312. The number of nitrogens with zero attached hydrogens (tertiary/aromatic N) is 1. The van der Waals surface area contributed by atoms with E-state index in [2.05, 4.69) is 11.8 Å². The van der Waals surface area contributed by atoms with Crippen molar-refractivity contribution in [1.82, 2.24) is 4.90 Å². The van der Waals surface area contributed by atoms with E-state index in [1.165, 1.54) is 0 Å². The van der Waals surface area contributed by atoms with Gasteiger partial charge in [0.1, 0.15) is 11.2 Å². The van der Waals surface area contributed by atoms with Crippen LogP contribution in [0, 0.1) is 34.5 Å². The van der Waals surface area contributed by atoms with Crippen LogP contribution in [0.25, 0.3) is 0 Å². The predicted molar refractivity (Wildman–Crippen MR) is 119 cm³/mol. The number of methoxy groups -OCH3 is 4. The molecule has 8 heteroatoms. The number of piperidine rings is 1. The number of fused-ring (bicyclic) bond motifs is 2. The first-order valence-electron chi connectivity index (χ1n) is 12.7. The summed E-state index contributed by atoms with van der Waals surface area (Å²) < 4.78 is 24.5. The fourth-order valence-electron chi connectivity index (χ4n) is 11.0. The van der Waals surface area contributed by atoms with Gasteiger partial charge in [0.15, 0.2) is 0 Å². The third-order valence-corrected chi connectivity index (χ3v) is 11.6. The smallest absolute Gasteiger partial charge is 0.136 e. The Balaban J connectivity index is 1.68. The van der Waals surface area contributed by atoms with E-state index in [9.17, 15) is 15.3 Å². The van der Waals surface area contributed by atoms with Crippen LogP contribution in [-0.4, -0.2) is 110 Å². The highest BCUT2D eigenvalue weighted by molar-refractivity contribution is 5.41. The molecule has 1 aliphatic heterocycles. The summed E-state index contributed by atoms with van der Waals surface area (Å²) in [4.78, 5) is 2.33. The molecule has 0 aromatic heterocycles. The number of likely N-dealkylation sites (tertiary alicyclic amines) is 1. The molecule has 0 radical (unpaired) electrons. The fraction of sp³-hybridized carbons (Fsp3) is 1.00. The van der Waals surface area contributed by atoms with Gasteiger partial charge >= 0.3 is 0 Å². The molecule has 1 spiro atoms. The molecule has 188 valence electrons. The lowest BCUT2D eigenvalue weighted by atomic mass is 9.42. The predicted octanol–water partition coefficient (Wildman–Crippen LogP) is 0.271. The quantitative estimate of drug-likeness (QED) is 0.512. The molecule has 1 saturated heterocycles. The second-order valence-electron chi connectivity index (χ2n) is 11.8. The summed E-state index contributed by atoms with van der Waals surface area (Å²) >= 11 is 0. The maximum Gasteiger partial charge on any atom is 0.136 e. The second-order valence-corrected chi connectivity index (χ2v) is 11.8. The van der Waals surface area contributed by atoms with E-state index in [0.29, 0.717) is 13.0 Å². The Labute approximate surface area is 196 Å². The van der Waals surface area contributed by atoms with E-state index in [4.69, 9.17) is 18.9 Å². The maximum absolute atomic E-state index is 13.0. The third kappa shape index (κ3) is 2.16. The first kappa shape index (κ1) is 23.1. The van der Waals surface area contributed by atoms with Crippen molar-refractivity contribution in [3.63, 3.8) is 0 Å². The lowest BCUT2D eigenvalue weighted by Gasteiger charge is -2.70. The van der Waals surface area contributed by atoms with Gasteiger partial charge in [-0.25, -0.2) is 0 Å². The molecule has 5 saturated carbocycles. The van der Waals surface area contributed by atoms with Crippen molar-refractivity contribution in [1.29, 1.82) is 0 Å². The maximum atomic E-state index is 13.0. The monoisotopic (exact) mass is 467 g/mol. The normalized spacial score (nSPS) is 60.9. The molecule has 0 aromatic carbocycles. The van der Waals surface area contributed by atoms with Crippen molar-refractivity contribution in [3.05, 3.63) is 0 Å². The summed E-state index contributed by atoms with van der Waals surface area (Å²) in [6.07, 6.45) is 1.81. The van der Waals surface area contributed by atoms with Crippen molar-refractivity contribution < 1.29 is 34.3 Å². The molecule has 5 aliphatic carbocycles. The molecule has 3 N–H and O–H groups in total. The van der Waals surface area contributed by atoms with Crippen molar-refractivity contribution >= 4 is 0 Å². The van der Waals surface area contributed by atoms with Gasteiger partial charge < -0.3 is 34.3 Å². The van der Waals surface area contributed by atoms with Gasteiger partial charge in [0.2, 0.25) is 0 Å². The summed E-state index contributed by atoms with van der Waals surface area (Å²) in [6.45, 7) is 3.59. The van der Waals surface area contributed by atoms with Gasteiger partial charge in [-0.05, 0) is 31.7 Å². The van der Waals surface area contributed by atoms with Crippen molar-refractivity contribution in [2.45, 2.75) is 74.3 Å². The SMILES string of the molecule is CCN1C[C@]2(CO)CCC(OC)C34C1C(O)([C@@H](OC)[C@@H]32)[C@@]1(O)C[C@H](OC)[C@H]2C[C@@H]4[C@@H]1[C@H]2OC. The van der Waals surface area contributed by atoms with Gasteiger partial charge in [0.25, 0.3) is 0 Å². The molecule has 6 aliphatic rings. The van der Waals surface area contributed by atoms with E-state index >= 15 is 0 Å². The molecule has 7 bridgehead atoms. The number of ether oxygens (including phenoxy) is 4. The lowest BCUT2D eigenvalue weighted by Crippen LogP contribution is -2.82. The van der Waals surface area contributed by atoms with E-state index in [1.54, 1.807) is 28.4 Å². The van der Waals surface area contributed by atoms with E-state index < -0.39 is 28.1 Å². The summed E-state index contributed by atoms with van der Waals surface area (Å²) in [5, 5.41) is 36.6. The molecule has 1 heterocycles. The first-order chi connectivity index (χ1) is 15.8. The lowest BCUT2D eigenvalue weighted by molar-refractivity contribution is -0.320. The second kappa shape index (κ2) is 7.13. The number of likely N-dealkylation sites (N-methyl/N-ethyl adjacent to an activating group) is 1. The number of aliphatic hydroxyl groups is 3. The van der Waals surface area contributed by atoms with Crippen LogP contribution in [0.3, 0.4) is 0 Å². The van der Waals surface area contributed by atoms with Crippen LogP contribution in [0.15, 0.2) is 0 Å². The highest BCUT2D eigenvalue weighted by Crippen LogP contribution is 2.80. The minimum absolute atomic E-state index is 0.0443. The molecule has 0 amide bonds. The zero-order valence-corrected chi connectivity index (χ0v) is 20.6. The molecular weight excluding hydrogens is 426 g/mol. The molecule has 0 aromatic rings. The topological polar surface area (TPSA) is 101 Å². The van der Waals surface area contributed by atoms with Crippen molar-refractivity contribution in [2.75, 3.05) is 48.1 Å². The molecule has 4 unspecified atom stereocenters.